The third-order valence-electron chi connectivity index (χ3n) is 5.82. The first kappa shape index (κ1) is 20.1. The van der Waals surface area contributed by atoms with E-state index in [4.69, 9.17) is 0 Å². The van der Waals surface area contributed by atoms with Crippen molar-refractivity contribution >= 4 is 23.2 Å². The van der Waals surface area contributed by atoms with Crippen LogP contribution >= 0.6 is 11.3 Å². The van der Waals surface area contributed by atoms with Crippen molar-refractivity contribution in [3.05, 3.63) is 46.3 Å². The van der Waals surface area contributed by atoms with Gasteiger partial charge in [-0.25, -0.2) is 0 Å². The van der Waals surface area contributed by atoms with E-state index in [9.17, 15) is 9.59 Å². The van der Waals surface area contributed by atoms with Crippen LogP contribution in [0.2, 0.25) is 0 Å². The largest absolute Gasteiger partial charge is 0.355 e. The number of thiophene rings is 1. The second kappa shape index (κ2) is 9.09. The smallest absolute Gasteiger partial charge is 0.261 e. The van der Waals surface area contributed by atoms with Crippen molar-refractivity contribution < 1.29 is 9.59 Å². The van der Waals surface area contributed by atoms with E-state index in [2.05, 4.69) is 52.8 Å². The lowest BCUT2D eigenvalue weighted by molar-refractivity contribution is -0.122. The van der Waals surface area contributed by atoms with E-state index in [0.29, 0.717) is 6.54 Å². The molecule has 0 radical (unpaired) electrons. The van der Waals surface area contributed by atoms with Crippen LogP contribution in [-0.4, -0.2) is 48.9 Å². The van der Waals surface area contributed by atoms with Crippen LogP contribution in [0, 0.1) is 0 Å². The molecule has 6 heteroatoms. The zero-order chi connectivity index (χ0) is 20.2. The number of piperidine rings is 1. The lowest BCUT2D eigenvalue weighted by Gasteiger charge is -2.31. The van der Waals surface area contributed by atoms with Crippen molar-refractivity contribution in [3.8, 4) is 10.4 Å². The Morgan fingerprint density at radius 3 is 2.69 bits per heavy atom. The van der Waals surface area contributed by atoms with Crippen LogP contribution in [0.25, 0.3) is 10.4 Å². The number of nitrogens with zero attached hydrogens (tertiary/aromatic N) is 1. The number of hydrogen-bond acceptors (Lipinski definition) is 4. The van der Waals surface area contributed by atoms with E-state index < -0.39 is 0 Å². The highest BCUT2D eigenvalue weighted by Gasteiger charge is 2.25. The summed E-state index contributed by atoms with van der Waals surface area (Å²) in [5.41, 5.74) is 3.96. The second-order valence-electron chi connectivity index (χ2n) is 8.00. The summed E-state index contributed by atoms with van der Waals surface area (Å²) in [6.07, 6.45) is 4.79. The monoisotopic (exact) mass is 411 g/mol. The van der Waals surface area contributed by atoms with Gasteiger partial charge in [-0.3, -0.25) is 14.5 Å². The van der Waals surface area contributed by atoms with Gasteiger partial charge in [0.15, 0.2) is 0 Å². The number of benzene rings is 1. The van der Waals surface area contributed by atoms with Crippen molar-refractivity contribution in [2.75, 3.05) is 26.2 Å². The zero-order valence-electron chi connectivity index (χ0n) is 17.0. The Bertz CT molecular complexity index is 884. The Labute approximate surface area is 176 Å². The molecule has 29 heavy (non-hydrogen) atoms. The van der Waals surface area contributed by atoms with Gasteiger partial charge in [0.1, 0.15) is 0 Å². The Morgan fingerprint density at radius 2 is 1.90 bits per heavy atom. The van der Waals surface area contributed by atoms with Crippen LogP contribution in [0.1, 0.15) is 47.0 Å². The van der Waals surface area contributed by atoms with Crippen LogP contribution < -0.4 is 10.6 Å². The maximum absolute atomic E-state index is 12.8. The SMILES string of the molecule is CCCNC(=O)CN1CCC(NC(=O)c2cc3c(s2)-c2ccccc2CC3)CC1. The number of carbonyl (C=O) groups excluding carboxylic acids is 2. The number of rotatable bonds is 6. The lowest BCUT2D eigenvalue weighted by Crippen LogP contribution is -2.47. The number of hydrogen-bond donors (Lipinski definition) is 2. The van der Waals surface area contributed by atoms with Crippen molar-refractivity contribution in [1.82, 2.24) is 15.5 Å². The van der Waals surface area contributed by atoms with Gasteiger partial charge in [0.2, 0.25) is 5.91 Å². The fourth-order valence-corrected chi connectivity index (χ4v) is 5.37. The molecule has 154 valence electrons. The molecule has 2 amide bonds. The molecule has 1 aromatic heterocycles. The fourth-order valence-electron chi connectivity index (χ4n) is 4.20. The van der Waals surface area contributed by atoms with Gasteiger partial charge >= 0.3 is 0 Å². The molecular formula is C23H29N3O2S. The third-order valence-corrected chi connectivity index (χ3v) is 7.03. The normalized spacial score (nSPS) is 16.7. The number of carbonyl (C=O) groups is 2. The first-order valence-electron chi connectivity index (χ1n) is 10.6. The molecule has 1 aromatic carbocycles. The Balaban J connectivity index is 1.31. The summed E-state index contributed by atoms with van der Waals surface area (Å²) in [6.45, 7) is 4.94. The van der Waals surface area contributed by atoms with E-state index in [0.717, 1.165) is 56.6 Å². The molecule has 2 N–H and O–H groups in total. The van der Waals surface area contributed by atoms with E-state index >= 15 is 0 Å². The number of fused-ring (bicyclic) bond motifs is 3. The van der Waals surface area contributed by atoms with Crippen molar-refractivity contribution in [2.24, 2.45) is 0 Å². The molecule has 1 saturated heterocycles. The van der Waals surface area contributed by atoms with Gasteiger partial charge in [-0.2, -0.15) is 0 Å². The molecule has 2 heterocycles. The summed E-state index contributed by atoms with van der Waals surface area (Å²) in [4.78, 5) is 29.0. The first-order chi connectivity index (χ1) is 14.1. The molecular weight excluding hydrogens is 382 g/mol. The van der Waals surface area contributed by atoms with E-state index in [1.54, 1.807) is 11.3 Å². The predicted molar refractivity (Wildman–Crippen MR) is 117 cm³/mol. The highest BCUT2D eigenvalue weighted by molar-refractivity contribution is 7.17. The Morgan fingerprint density at radius 1 is 1.14 bits per heavy atom. The minimum absolute atomic E-state index is 0.0426. The number of aryl methyl sites for hydroxylation is 2. The lowest BCUT2D eigenvalue weighted by atomic mass is 9.91. The molecule has 0 bridgehead atoms. The number of amides is 2. The molecule has 1 aliphatic carbocycles. The second-order valence-corrected chi connectivity index (χ2v) is 9.05. The minimum atomic E-state index is 0.0426. The standard InChI is InChI=1S/C23H29N3O2S/c1-2-11-24-21(27)15-26-12-9-18(10-13-26)25-23(28)20-14-17-8-7-16-5-3-4-6-19(16)22(17)29-20/h3-6,14,18H,2,7-13,15H2,1H3,(H,24,27)(H,25,28). The van der Waals surface area contributed by atoms with Gasteiger partial charge in [0.05, 0.1) is 11.4 Å². The van der Waals surface area contributed by atoms with E-state index in [1.165, 1.54) is 21.6 Å². The van der Waals surface area contributed by atoms with Gasteiger partial charge in [-0.15, -0.1) is 11.3 Å². The molecule has 0 spiro atoms. The van der Waals surface area contributed by atoms with Crippen LogP contribution in [0.15, 0.2) is 30.3 Å². The van der Waals surface area contributed by atoms with Gasteiger partial charge in [0.25, 0.3) is 5.91 Å². The summed E-state index contributed by atoms with van der Waals surface area (Å²) in [5.74, 6) is 0.139. The van der Waals surface area contributed by atoms with E-state index in [-0.39, 0.29) is 17.9 Å². The van der Waals surface area contributed by atoms with Crippen LogP contribution in [0.3, 0.4) is 0 Å². The molecule has 2 aromatic rings. The quantitative estimate of drug-likeness (QED) is 0.767. The topological polar surface area (TPSA) is 61.4 Å². The average molecular weight is 412 g/mol. The molecule has 0 unspecified atom stereocenters. The summed E-state index contributed by atoms with van der Waals surface area (Å²) in [6, 6.07) is 10.8. The van der Waals surface area contributed by atoms with Gasteiger partial charge in [0, 0.05) is 30.6 Å². The highest BCUT2D eigenvalue weighted by atomic mass is 32.1. The Kier molecular flexibility index (Phi) is 6.31. The van der Waals surface area contributed by atoms with Crippen molar-refractivity contribution in [3.63, 3.8) is 0 Å². The van der Waals surface area contributed by atoms with Gasteiger partial charge in [-0.1, -0.05) is 31.2 Å². The van der Waals surface area contributed by atoms with E-state index in [1.807, 2.05) is 0 Å². The average Bonchev–Trinajstić information content (AvgIpc) is 3.19. The van der Waals surface area contributed by atoms with Gasteiger partial charge in [-0.05, 0) is 54.9 Å². The van der Waals surface area contributed by atoms with Crippen molar-refractivity contribution in [2.45, 2.75) is 45.1 Å². The summed E-state index contributed by atoms with van der Waals surface area (Å²) in [5, 5.41) is 6.15. The maximum Gasteiger partial charge on any atom is 0.261 e. The van der Waals surface area contributed by atoms with Gasteiger partial charge < -0.3 is 10.6 Å². The number of nitrogens with one attached hydrogen (secondary N) is 2. The summed E-state index contributed by atoms with van der Waals surface area (Å²) < 4.78 is 0. The maximum atomic E-state index is 12.8. The van der Waals surface area contributed by atoms with Crippen LogP contribution in [-0.2, 0) is 17.6 Å². The molecule has 1 aliphatic heterocycles. The molecule has 1 fully saturated rings. The first-order valence-corrected chi connectivity index (χ1v) is 11.5. The molecule has 5 nitrogen and oxygen atoms in total. The van der Waals surface area contributed by atoms with Crippen molar-refractivity contribution in [1.29, 1.82) is 0 Å². The zero-order valence-corrected chi connectivity index (χ0v) is 17.8. The summed E-state index contributed by atoms with van der Waals surface area (Å²) >= 11 is 1.62. The summed E-state index contributed by atoms with van der Waals surface area (Å²) in [7, 11) is 0. The Hall–Kier alpha value is -2.18. The fraction of sp³-hybridized carbons (Fsp3) is 0.478. The molecule has 2 aliphatic rings. The molecule has 0 saturated carbocycles. The third kappa shape index (κ3) is 4.70. The molecule has 4 rings (SSSR count). The van der Waals surface area contributed by atoms with Crippen LogP contribution in [0.5, 0.6) is 0 Å². The van der Waals surface area contributed by atoms with Crippen LogP contribution in [0.4, 0.5) is 0 Å². The predicted octanol–water partition coefficient (Wildman–Crippen LogP) is 3.23. The molecule has 0 atom stereocenters. The minimum Gasteiger partial charge on any atom is -0.355 e. The number of likely N-dealkylation sites (tertiary alicyclic amines) is 1. The highest BCUT2D eigenvalue weighted by Crippen LogP contribution is 2.39.